The van der Waals surface area contributed by atoms with Gasteiger partial charge in [-0.1, -0.05) is 59.6 Å². The third-order valence-electron chi connectivity index (χ3n) is 10.3. The summed E-state index contributed by atoms with van der Waals surface area (Å²) in [5.41, 5.74) is 3.92. The monoisotopic (exact) mass is 693 g/mol. The van der Waals surface area contributed by atoms with E-state index in [1.165, 1.54) is 17.7 Å². The first-order valence-corrected chi connectivity index (χ1v) is 17.8. The summed E-state index contributed by atoms with van der Waals surface area (Å²) >= 11 is 12.4. The van der Waals surface area contributed by atoms with E-state index in [9.17, 15) is 18.8 Å². The Morgan fingerprint density at radius 2 is 1.56 bits per heavy atom. The van der Waals surface area contributed by atoms with Crippen LogP contribution in [0.25, 0.3) is 0 Å². The van der Waals surface area contributed by atoms with Crippen LogP contribution in [0.5, 0.6) is 0 Å². The van der Waals surface area contributed by atoms with Gasteiger partial charge in [-0.15, -0.1) is 0 Å². The highest BCUT2D eigenvalue weighted by Gasteiger charge is 2.34. The molecule has 6 rings (SSSR count). The quantitative estimate of drug-likeness (QED) is 0.258. The predicted molar refractivity (Wildman–Crippen MR) is 186 cm³/mol. The standard InChI is InChI=1S/C38H42Cl2FN3O4/c39-32-14-6-26(23-33(32)40)24-35(37(46)43-21-17-28(18-22-43)27-10-12-31(41)13-11-27)48-38(47)44-19-15-25(16-20-44)5-7-30-9-8-29-3-1-2-4-34(29)42-36(30)45/h1-4,6,10-14,23,25,28,30,35H,5,7-9,15-22,24H2,(H,42,45)/t30?,35-/m1/s1. The molecule has 3 aromatic carbocycles. The molecule has 254 valence electrons. The first kappa shape index (κ1) is 34.3. The van der Waals surface area contributed by atoms with Gasteiger partial charge in [0, 0.05) is 44.2 Å². The molecule has 2 atom stereocenters. The topological polar surface area (TPSA) is 79.0 Å². The van der Waals surface area contributed by atoms with Crippen LogP contribution in [-0.2, 0) is 27.2 Å². The van der Waals surface area contributed by atoms with E-state index in [4.69, 9.17) is 27.9 Å². The van der Waals surface area contributed by atoms with Crippen molar-refractivity contribution < 1.29 is 23.5 Å². The van der Waals surface area contributed by atoms with Gasteiger partial charge in [0.2, 0.25) is 5.91 Å². The number of benzene rings is 3. The smallest absolute Gasteiger partial charge is 0.410 e. The molecule has 0 spiro atoms. The highest BCUT2D eigenvalue weighted by atomic mass is 35.5. The second-order valence-corrected chi connectivity index (χ2v) is 14.2. The molecule has 0 saturated carbocycles. The van der Waals surface area contributed by atoms with Crippen molar-refractivity contribution in [2.24, 2.45) is 11.8 Å². The van der Waals surface area contributed by atoms with Crippen LogP contribution in [0.2, 0.25) is 10.0 Å². The van der Waals surface area contributed by atoms with Crippen molar-refractivity contribution in [1.82, 2.24) is 9.80 Å². The molecule has 10 heteroatoms. The molecule has 3 amide bonds. The number of carbonyl (C=O) groups excluding carboxylic acids is 3. The number of para-hydroxylation sites is 1. The fraction of sp³-hybridized carbons (Fsp3) is 0.447. The number of carbonyl (C=O) groups is 3. The van der Waals surface area contributed by atoms with E-state index in [1.54, 1.807) is 28.0 Å². The summed E-state index contributed by atoms with van der Waals surface area (Å²) in [5.74, 6) is 0.236. The number of nitrogens with zero attached hydrogens (tertiary/aromatic N) is 2. The number of rotatable bonds is 8. The maximum Gasteiger partial charge on any atom is 0.410 e. The van der Waals surface area contributed by atoms with E-state index in [2.05, 4.69) is 11.4 Å². The van der Waals surface area contributed by atoms with Gasteiger partial charge < -0.3 is 19.9 Å². The van der Waals surface area contributed by atoms with Crippen molar-refractivity contribution >= 4 is 46.8 Å². The number of amides is 3. The number of aryl methyl sites for hydroxylation is 1. The fourth-order valence-corrected chi connectivity index (χ4v) is 7.62. The molecular weight excluding hydrogens is 652 g/mol. The fourth-order valence-electron chi connectivity index (χ4n) is 7.30. The number of ether oxygens (including phenoxy) is 1. The van der Waals surface area contributed by atoms with Crippen LogP contribution in [0.1, 0.15) is 67.6 Å². The predicted octanol–water partition coefficient (Wildman–Crippen LogP) is 8.28. The van der Waals surface area contributed by atoms with Gasteiger partial charge in [0.25, 0.3) is 5.91 Å². The lowest BCUT2D eigenvalue weighted by molar-refractivity contribution is -0.142. The normalized spacial score (nSPS) is 19.6. The summed E-state index contributed by atoms with van der Waals surface area (Å²) < 4.78 is 19.4. The van der Waals surface area contributed by atoms with E-state index >= 15 is 0 Å². The minimum absolute atomic E-state index is 0.0192. The van der Waals surface area contributed by atoms with Gasteiger partial charge in [-0.05, 0) is 110 Å². The molecule has 48 heavy (non-hydrogen) atoms. The molecule has 1 N–H and O–H groups in total. The summed E-state index contributed by atoms with van der Waals surface area (Å²) in [5, 5.41) is 3.89. The Morgan fingerprint density at radius 1 is 0.854 bits per heavy atom. The lowest BCUT2D eigenvalue weighted by Gasteiger charge is -2.36. The van der Waals surface area contributed by atoms with Crippen molar-refractivity contribution in [2.45, 2.75) is 69.8 Å². The Balaban J connectivity index is 1.03. The average Bonchev–Trinajstić information content (AvgIpc) is 3.26. The zero-order valence-electron chi connectivity index (χ0n) is 27.0. The molecule has 0 aliphatic carbocycles. The number of piperidine rings is 2. The van der Waals surface area contributed by atoms with Gasteiger partial charge in [0.1, 0.15) is 5.82 Å². The molecule has 3 aliphatic rings. The number of fused-ring (bicyclic) bond motifs is 1. The summed E-state index contributed by atoms with van der Waals surface area (Å²) in [6.07, 6.45) is 5.31. The maximum absolute atomic E-state index is 13.9. The molecular formula is C38H42Cl2FN3O4. The van der Waals surface area contributed by atoms with Crippen molar-refractivity contribution in [3.05, 3.63) is 99.3 Å². The van der Waals surface area contributed by atoms with E-state index in [1.807, 2.05) is 30.3 Å². The largest absolute Gasteiger partial charge is 0.436 e. The lowest BCUT2D eigenvalue weighted by atomic mass is 9.87. The van der Waals surface area contributed by atoms with Crippen LogP contribution in [0.3, 0.4) is 0 Å². The van der Waals surface area contributed by atoms with E-state index in [0.717, 1.165) is 68.2 Å². The Hall–Kier alpha value is -3.62. The van der Waals surface area contributed by atoms with Crippen molar-refractivity contribution in [3.63, 3.8) is 0 Å². The van der Waals surface area contributed by atoms with E-state index in [-0.39, 0.29) is 35.9 Å². The van der Waals surface area contributed by atoms with Crippen molar-refractivity contribution in [1.29, 1.82) is 0 Å². The van der Waals surface area contributed by atoms with Gasteiger partial charge in [0.15, 0.2) is 6.10 Å². The van der Waals surface area contributed by atoms with Crippen LogP contribution in [-0.4, -0.2) is 60.0 Å². The van der Waals surface area contributed by atoms with Gasteiger partial charge in [0.05, 0.1) is 10.0 Å². The summed E-state index contributed by atoms with van der Waals surface area (Å²) in [6, 6.07) is 19.7. The van der Waals surface area contributed by atoms with Gasteiger partial charge in [-0.25, -0.2) is 9.18 Å². The molecule has 0 aromatic heterocycles. The second-order valence-electron chi connectivity index (χ2n) is 13.4. The number of halogens is 3. The lowest BCUT2D eigenvalue weighted by Crippen LogP contribution is -2.48. The second kappa shape index (κ2) is 15.7. The molecule has 3 heterocycles. The molecule has 2 fully saturated rings. The summed E-state index contributed by atoms with van der Waals surface area (Å²) in [6.45, 7) is 2.13. The van der Waals surface area contributed by atoms with Crippen LogP contribution in [0.4, 0.5) is 14.9 Å². The number of likely N-dealkylation sites (tertiary alicyclic amines) is 2. The minimum Gasteiger partial charge on any atom is -0.436 e. The molecule has 0 bridgehead atoms. The van der Waals surface area contributed by atoms with Gasteiger partial charge in [-0.3, -0.25) is 9.59 Å². The third kappa shape index (κ3) is 8.50. The zero-order valence-corrected chi connectivity index (χ0v) is 28.5. The Morgan fingerprint density at radius 3 is 2.29 bits per heavy atom. The minimum atomic E-state index is -1.01. The Bertz CT molecular complexity index is 1600. The van der Waals surface area contributed by atoms with Crippen LogP contribution < -0.4 is 5.32 Å². The average molecular weight is 695 g/mol. The van der Waals surface area contributed by atoms with Crippen molar-refractivity contribution in [2.75, 3.05) is 31.5 Å². The number of hydrogen-bond donors (Lipinski definition) is 1. The molecule has 0 radical (unpaired) electrons. The number of anilines is 1. The van der Waals surface area contributed by atoms with E-state index < -0.39 is 12.2 Å². The van der Waals surface area contributed by atoms with Crippen molar-refractivity contribution in [3.8, 4) is 0 Å². The van der Waals surface area contributed by atoms with Gasteiger partial charge in [-0.2, -0.15) is 0 Å². The van der Waals surface area contributed by atoms with E-state index in [0.29, 0.717) is 42.1 Å². The number of hydrogen-bond acceptors (Lipinski definition) is 4. The molecule has 3 aliphatic heterocycles. The third-order valence-corrected chi connectivity index (χ3v) is 11.0. The highest BCUT2D eigenvalue weighted by molar-refractivity contribution is 6.42. The van der Waals surface area contributed by atoms with Crippen LogP contribution >= 0.6 is 23.2 Å². The molecule has 2 saturated heterocycles. The number of nitrogens with one attached hydrogen (secondary N) is 1. The summed E-state index contributed by atoms with van der Waals surface area (Å²) in [7, 11) is 0. The molecule has 3 aromatic rings. The first-order valence-electron chi connectivity index (χ1n) is 17.1. The maximum atomic E-state index is 13.9. The zero-order chi connectivity index (χ0) is 33.6. The molecule has 7 nitrogen and oxygen atoms in total. The highest BCUT2D eigenvalue weighted by Crippen LogP contribution is 2.32. The van der Waals surface area contributed by atoms with Crippen LogP contribution in [0, 0.1) is 17.7 Å². The summed E-state index contributed by atoms with van der Waals surface area (Å²) in [4.78, 5) is 43.7. The SMILES string of the molecule is O=C1Nc2ccccc2CCC1CCC1CCN(C(=O)O[C@H](Cc2ccc(Cl)c(Cl)c2)C(=O)N2CCC(c3ccc(F)cc3)CC2)CC1. The Labute approximate surface area is 291 Å². The Kier molecular flexibility index (Phi) is 11.2. The first-order chi connectivity index (χ1) is 23.2. The van der Waals surface area contributed by atoms with Gasteiger partial charge >= 0.3 is 6.09 Å². The van der Waals surface area contributed by atoms with Crippen LogP contribution in [0.15, 0.2) is 66.7 Å². The molecule has 1 unspecified atom stereocenters.